The van der Waals surface area contributed by atoms with Crippen molar-refractivity contribution in [1.29, 1.82) is 0 Å². The van der Waals surface area contributed by atoms with Crippen molar-refractivity contribution in [2.75, 3.05) is 13.2 Å². The van der Waals surface area contributed by atoms with Gasteiger partial charge in [0.25, 0.3) is 0 Å². The maximum absolute atomic E-state index is 10.5. The van der Waals surface area contributed by atoms with Crippen LogP contribution in [0.25, 0.3) is 0 Å². The van der Waals surface area contributed by atoms with E-state index in [4.69, 9.17) is 19.6 Å². The highest BCUT2D eigenvalue weighted by molar-refractivity contribution is 7.46. The minimum atomic E-state index is -4.74. The smallest absolute Gasteiger partial charge is 0.394 e. The Balaban J connectivity index is 2.60. The molecular formula is C6H13O8P. The van der Waals surface area contributed by atoms with Crippen LogP contribution in [-0.2, 0) is 13.8 Å². The Morgan fingerprint density at radius 2 is 1.93 bits per heavy atom. The van der Waals surface area contributed by atoms with Crippen molar-refractivity contribution in [1.82, 2.24) is 0 Å². The van der Waals surface area contributed by atoms with Gasteiger partial charge in [-0.2, -0.15) is 0 Å². The Hall–Kier alpha value is -0.0500. The van der Waals surface area contributed by atoms with Crippen LogP contribution in [0.1, 0.15) is 0 Å². The summed E-state index contributed by atoms with van der Waals surface area (Å²) in [7, 11) is -4.74. The molecule has 0 aromatic heterocycles. The van der Waals surface area contributed by atoms with Crippen LogP contribution in [0, 0.1) is 0 Å². The van der Waals surface area contributed by atoms with Crippen molar-refractivity contribution >= 4 is 7.82 Å². The van der Waals surface area contributed by atoms with E-state index in [-0.39, 0.29) is 6.61 Å². The SMILES string of the molecule is O=P(O)(O)O[C@H]1CO[C@H](CO)[C@@H](O)[C@@H]1O. The van der Waals surface area contributed by atoms with E-state index in [2.05, 4.69) is 4.52 Å². The zero-order valence-electron chi connectivity index (χ0n) is 7.63. The zero-order chi connectivity index (χ0) is 11.6. The van der Waals surface area contributed by atoms with Crippen LogP contribution in [0.2, 0.25) is 0 Å². The van der Waals surface area contributed by atoms with Crippen LogP contribution >= 0.6 is 7.82 Å². The third-order valence-corrected chi connectivity index (χ3v) is 2.58. The van der Waals surface area contributed by atoms with Crippen LogP contribution in [-0.4, -0.2) is 62.7 Å². The number of ether oxygens (including phenoxy) is 1. The summed E-state index contributed by atoms with van der Waals surface area (Å²) in [5.41, 5.74) is 0. The predicted molar refractivity (Wildman–Crippen MR) is 45.8 cm³/mol. The molecule has 0 radical (unpaired) electrons. The molecule has 0 unspecified atom stereocenters. The number of hydrogen-bond acceptors (Lipinski definition) is 6. The number of aliphatic hydroxyl groups is 3. The molecule has 4 atom stereocenters. The second-order valence-corrected chi connectivity index (χ2v) is 4.36. The van der Waals surface area contributed by atoms with Crippen molar-refractivity contribution in [3.05, 3.63) is 0 Å². The second-order valence-electron chi connectivity index (χ2n) is 3.17. The Bertz CT molecular complexity index is 252. The largest absolute Gasteiger partial charge is 0.470 e. The monoisotopic (exact) mass is 244 g/mol. The van der Waals surface area contributed by atoms with Gasteiger partial charge in [-0.05, 0) is 0 Å². The molecule has 1 heterocycles. The van der Waals surface area contributed by atoms with E-state index in [0.717, 1.165) is 0 Å². The molecule has 1 aliphatic heterocycles. The van der Waals surface area contributed by atoms with Gasteiger partial charge in [0.2, 0.25) is 0 Å². The van der Waals surface area contributed by atoms with Gasteiger partial charge in [-0.25, -0.2) is 4.57 Å². The molecule has 0 spiro atoms. The third kappa shape index (κ3) is 3.47. The number of rotatable bonds is 3. The standard InChI is InChI=1S/C6H13O8P/c7-1-3-5(8)6(9)4(2-13-3)14-15(10,11)12/h3-9H,1-2H2,(H2,10,11,12)/t3-,4+,5-,6-/m1/s1. The first kappa shape index (κ1) is 13.0. The molecule has 0 bridgehead atoms. The van der Waals surface area contributed by atoms with Crippen LogP contribution in [0.5, 0.6) is 0 Å². The number of phosphoric ester groups is 1. The molecular weight excluding hydrogens is 231 g/mol. The molecule has 0 aromatic carbocycles. The molecule has 0 aromatic rings. The minimum absolute atomic E-state index is 0.311. The molecule has 1 saturated heterocycles. The van der Waals surface area contributed by atoms with Gasteiger partial charge in [0.15, 0.2) is 0 Å². The van der Waals surface area contributed by atoms with Gasteiger partial charge in [0.05, 0.1) is 13.2 Å². The quantitative estimate of drug-likeness (QED) is 0.346. The molecule has 1 fully saturated rings. The average molecular weight is 244 g/mol. The van der Waals surface area contributed by atoms with E-state index in [0.29, 0.717) is 0 Å². The molecule has 0 aliphatic carbocycles. The van der Waals surface area contributed by atoms with E-state index >= 15 is 0 Å². The maximum atomic E-state index is 10.5. The lowest BCUT2D eigenvalue weighted by atomic mass is 10.0. The fourth-order valence-electron chi connectivity index (χ4n) is 1.29. The van der Waals surface area contributed by atoms with Gasteiger partial charge >= 0.3 is 7.82 Å². The van der Waals surface area contributed by atoms with E-state index in [1.54, 1.807) is 0 Å². The summed E-state index contributed by atoms with van der Waals surface area (Å²) >= 11 is 0. The average Bonchev–Trinajstić information content (AvgIpc) is 2.11. The van der Waals surface area contributed by atoms with E-state index < -0.39 is 38.8 Å². The van der Waals surface area contributed by atoms with Crippen molar-refractivity contribution in [3.63, 3.8) is 0 Å². The second kappa shape index (κ2) is 4.86. The van der Waals surface area contributed by atoms with Gasteiger partial charge in [-0.1, -0.05) is 0 Å². The minimum Gasteiger partial charge on any atom is -0.394 e. The van der Waals surface area contributed by atoms with Crippen molar-refractivity contribution in [3.8, 4) is 0 Å². The fourth-order valence-corrected chi connectivity index (χ4v) is 1.82. The molecule has 0 saturated carbocycles. The van der Waals surface area contributed by atoms with Crippen LogP contribution in [0.4, 0.5) is 0 Å². The molecule has 0 amide bonds. The molecule has 8 nitrogen and oxygen atoms in total. The molecule has 5 N–H and O–H groups in total. The summed E-state index contributed by atoms with van der Waals surface area (Å²) in [4.78, 5) is 17.0. The highest BCUT2D eigenvalue weighted by atomic mass is 31.2. The highest BCUT2D eigenvalue weighted by Gasteiger charge is 2.41. The Morgan fingerprint density at radius 1 is 1.33 bits per heavy atom. The number of hydrogen-bond donors (Lipinski definition) is 5. The first-order chi connectivity index (χ1) is 6.85. The summed E-state index contributed by atoms with van der Waals surface area (Å²) in [5, 5.41) is 27.4. The van der Waals surface area contributed by atoms with Crippen LogP contribution < -0.4 is 0 Å². The van der Waals surface area contributed by atoms with Gasteiger partial charge in [0, 0.05) is 0 Å². The van der Waals surface area contributed by atoms with Crippen LogP contribution in [0.15, 0.2) is 0 Å². The predicted octanol–water partition coefficient (Wildman–Crippen LogP) is -2.42. The van der Waals surface area contributed by atoms with Crippen molar-refractivity contribution in [2.45, 2.75) is 24.4 Å². The summed E-state index contributed by atoms with van der Waals surface area (Å²) in [6.45, 7) is -0.810. The van der Waals surface area contributed by atoms with Gasteiger partial charge in [-0.3, -0.25) is 4.52 Å². The lowest BCUT2D eigenvalue weighted by Crippen LogP contribution is -2.54. The van der Waals surface area contributed by atoms with E-state index in [1.165, 1.54) is 0 Å². The molecule has 1 aliphatic rings. The van der Waals surface area contributed by atoms with Crippen molar-refractivity contribution in [2.24, 2.45) is 0 Å². The lowest BCUT2D eigenvalue weighted by molar-refractivity contribution is -0.191. The van der Waals surface area contributed by atoms with Crippen molar-refractivity contribution < 1.29 is 38.9 Å². The lowest BCUT2D eigenvalue weighted by Gasteiger charge is -2.36. The van der Waals surface area contributed by atoms with Gasteiger partial charge < -0.3 is 29.8 Å². The first-order valence-electron chi connectivity index (χ1n) is 4.17. The summed E-state index contributed by atoms with van der Waals surface area (Å²) in [5.74, 6) is 0. The normalized spacial score (nSPS) is 37.9. The Labute approximate surface area is 85.3 Å². The van der Waals surface area contributed by atoms with E-state index in [1.807, 2.05) is 0 Å². The van der Waals surface area contributed by atoms with Crippen LogP contribution in [0.3, 0.4) is 0 Å². The topological polar surface area (TPSA) is 137 Å². The highest BCUT2D eigenvalue weighted by Crippen LogP contribution is 2.39. The molecule has 1 rings (SSSR count). The first-order valence-corrected chi connectivity index (χ1v) is 5.70. The van der Waals surface area contributed by atoms with Gasteiger partial charge in [-0.15, -0.1) is 0 Å². The molecule has 90 valence electrons. The molecule has 9 heteroatoms. The summed E-state index contributed by atoms with van der Waals surface area (Å²) in [6.07, 6.45) is -5.25. The summed E-state index contributed by atoms with van der Waals surface area (Å²) in [6, 6.07) is 0. The number of phosphoric acid groups is 1. The molecule has 15 heavy (non-hydrogen) atoms. The fraction of sp³-hybridized carbons (Fsp3) is 1.00. The van der Waals surface area contributed by atoms with Gasteiger partial charge in [0.1, 0.15) is 24.4 Å². The third-order valence-electron chi connectivity index (χ3n) is 2.04. The van der Waals surface area contributed by atoms with E-state index in [9.17, 15) is 14.8 Å². The zero-order valence-corrected chi connectivity index (χ0v) is 8.53. The maximum Gasteiger partial charge on any atom is 0.470 e. The Kier molecular flexibility index (Phi) is 4.21. The summed E-state index contributed by atoms with van der Waals surface area (Å²) < 4.78 is 19.5. The Morgan fingerprint density at radius 3 is 2.40 bits per heavy atom. The number of aliphatic hydroxyl groups excluding tert-OH is 3.